The first-order valence-corrected chi connectivity index (χ1v) is 11.2. The van der Waals surface area contributed by atoms with Crippen molar-refractivity contribution < 1.29 is 18.0 Å². The number of nitrogens with zero attached hydrogens (tertiary/aromatic N) is 3. The first kappa shape index (κ1) is 23.8. The maximum Gasteiger partial charge on any atom is 0.419 e. The summed E-state index contributed by atoms with van der Waals surface area (Å²) in [5, 5.41) is 13.8. The number of primary amides is 1. The fourth-order valence-corrected chi connectivity index (χ4v) is 4.26. The lowest BCUT2D eigenvalue weighted by Crippen LogP contribution is -2.50. The van der Waals surface area contributed by atoms with Gasteiger partial charge in [0.15, 0.2) is 0 Å². The molecular weight excluding hydrogens is 447 g/mol. The molecule has 1 atom stereocenters. The van der Waals surface area contributed by atoms with E-state index in [0.717, 1.165) is 49.5 Å². The van der Waals surface area contributed by atoms with Crippen molar-refractivity contribution in [1.29, 1.82) is 0 Å². The first-order valence-electron chi connectivity index (χ1n) is 11.2. The van der Waals surface area contributed by atoms with Gasteiger partial charge < -0.3 is 21.7 Å². The summed E-state index contributed by atoms with van der Waals surface area (Å²) in [7, 11) is 0. The van der Waals surface area contributed by atoms with E-state index < -0.39 is 23.4 Å². The van der Waals surface area contributed by atoms with Crippen LogP contribution in [0.2, 0.25) is 0 Å². The number of halogens is 3. The van der Waals surface area contributed by atoms with Crippen LogP contribution in [0.1, 0.15) is 36.4 Å². The second-order valence-electron chi connectivity index (χ2n) is 8.59. The number of benzene rings is 1. The Morgan fingerprint density at radius 1 is 1.24 bits per heavy atom. The van der Waals surface area contributed by atoms with Gasteiger partial charge in [0.05, 0.1) is 29.9 Å². The van der Waals surface area contributed by atoms with Crippen molar-refractivity contribution in [2.75, 3.05) is 18.4 Å². The lowest BCUT2D eigenvalue weighted by atomic mass is 9.97. The Labute approximate surface area is 195 Å². The first-order chi connectivity index (χ1) is 16.2. The minimum absolute atomic E-state index is 0.0917. The SMILES string of the molecule is NC(=O)Cc1ccccc1CCC1(Nc2cnn(C3CCNCC3)c2)N=CC(C(F)(F)F)=CN1. The summed E-state index contributed by atoms with van der Waals surface area (Å²) in [6.07, 6.45) is 3.57. The number of anilines is 1. The van der Waals surface area contributed by atoms with Gasteiger partial charge in [-0.1, -0.05) is 24.3 Å². The number of alkyl halides is 3. The molecule has 1 aromatic carbocycles. The van der Waals surface area contributed by atoms with Crippen molar-refractivity contribution >= 4 is 17.8 Å². The monoisotopic (exact) mass is 475 g/mol. The highest BCUT2D eigenvalue weighted by atomic mass is 19.4. The quantitative estimate of drug-likeness (QED) is 0.469. The average Bonchev–Trinajstić information content (AvgIpc) is 3.27. The molecule has 1 aromatic heterocycles. The molecule has 3 heterocycles. The molecular formula is C23H28F3N7O. The van der Waals surface area contributed by atoms with Crippen molar-refractivity contribution in [3.8, 4) is 0 Å². The molecule has 4 rings (SSSR count). The molecule has 34 heavy (non-hydrogen) atoms. The Bertz CT molecular complexity index is 1070. The van der Waals surface area contributed by atoms with Crippen molar-refractivity contribution in [1.82, 2.24) is 20.4 Å². The molecule has 0 aliphatic carbocycles. The summed E-state index contributed by atoms with van der Waals surface area (Å²) in [4.78, 5) is 15.7. The Kier molecular flexibility index (Phi) is 6.92. The highest BCUT2D eigenvalue weighted by Crippen LogP contribution is 2.30. The van der Waals surface area contributed by atoms with Crippen molar-refractivity contribution in [3.63, 3.8) is 0 Å². The summed E-state index contributed by atoms with van der Waals surface area (Å²) in [5.74, 6) is -1.66. The van der Waals surface area contributed by atoms with Crippen LogP contribution in [-0.2, 0) is 17.6 Å². The molecule has 0 bridgehead atoms. The van der Waals surface area contributed by atoms with Gasteiger partial charge in [-0.15, -0.1) is 0 Å². The van der Waals surface area contributed by atoms with Gasteiger partial charge in [-0.2, -0.15) is 18.3 Å². The molecule has 2 aromatic rings. The number of carbonyl (C=O) groups excluding carboxylic acids is 1. The zero-order valence-electron chi connectivity index (χ0n) is 18.6. The molecule has 2 aliphatic heterocycles. The number of hydrogen-bond donors (Lipinski definition) is 4. The van der Waals surface area contributed by atoms with Gasteiger partial charge >= 0.3 is 6.18 Å². The Balaban J connectivity index is 1.54. The van der Waals surface area contributed by atoms with Crippen LogP contribution in [0.5, 0.6) is 0 Å². The number of amides is 1. The third-order valence-corrected chi connectivity index (χ3v) is 6.09. The van der Waals surface area contributed by atoms with Crippen LogP contribution >= 0.6 is 0 Å². The van der Waals surface area contributed by atoms with E-state index in [9.17, 15) is 18.0 Å². The molecule has 1 fully saturated rings. The number of allylic oxidation sites excluding steroid dienone is 1. The second kappa shape index (κ2) is 9.88. The summed E-state index contributed by atoms with van der Waals surface area (Å²) in [5.41, 5.74) is 6.83. The van der Waals surface area contributed by atoms with E-state index >= 15 is 0 Å². The van der Waals surface area contributed by atoms with Gasteiger partial charge in [0.2, 0.25) is 11.7 Å². The molecule has 0 radical (unpaired) electrons. The summed E-state index contributed by atoms with van der Waals surface area (Å²) in [6.45, 7) is 1.83. The highest BCUT2D eigenvalue weighted by Gasteiger charge is 2.38. The molecule has 11 heteroatoms. The maximum absolute atomic E-state index is 13.2. The van der Waals surface area contributed by atoms with Crippen molar-refractivity contribution in [2.24, 2.45) is 10.7 Å². The smallest absolute Gasteiger partial charge is 0.369 e. The summed E-state index contributed by atoms with van der Waals surface area (Å²) < 4.78 is 41.4. The maximum atomic E-state index is 13.2. The van der Waals surface area contributed by atoms with E-state index in [2.05, 4.69) is 26.0 Å². The minimum Gasteiger partial charge on any atom is -0.369 e. The predicted octanol–water partition coefficient (Wildman–Crippen LogP) is 2.65. The Morgan fingerprint density at radius 2 is 1.97 bits per heavy atom. The molecule has 182 valence electrons. The summed E-state index contributed by atoms with van der Waals surface area (Å²) >= 11 is 0. The van der Waals surface area contributed by atoms with Crippen LogP contribution in [-0.4, -0.2) is 47.0 Å². The standard InChI is InChI=1S/C23H28F3N7O/c24-23(25,26)18-12-29-22(30-13-18,8-5-16-3-1-2-4-17(16)11-21(27)34)32-19-14-31-33(15-19)20-6-9-28-10-7-20/h1-4,12-15,20,28-29,32H,5-11H2,(H2,27,34). The van der Waals surface area contributed by atoms with Crippen LogP contribution in [0.15, 0.2) is 53.4 Å². The third kappa shape index (κ3) is 5.77. The lowest BCUT2D eigenvalue weighted by molar-refractivity contribution is -0.117. The fourth-order valence-electron chi connectivity index (χ4n) is 4.26. The number of nitrogens with two attached hydrogens (primary N) is 1. The number of carbonyl (C=O) groups is 1. The van der Waals surface area contributed by atoms with E-state index in [1.54, 1.807) is 6.20 Å². The number of aromatic nitrogens is 2. The third-order valence-electron chi connectivity index (χ3n) is 6.09. The zero-order valence-corrected chi connectivity index (χ0v) is 18.6. The zero-order chi connectivity index (χ0) is 24.2. The van der Waals surface area contributed by atoms with E-state index in [1.165, 1.54) is 0 Å². The van der Waals surface area contributed by atoms with Crippen LogP contribution in [0, 0.1) is 0 Å². The molecule has 0 spiro atoms. The highest BCUT2D eigenvalue weighted by molar-refractivity contribution is 5.81. The largest absolute Gasteiger partial charge is 0.419 e. The van der Waals surface area contributed by atoms with E-state index in [1.807, 2.05) is 35.1 Å². The molecule has 1 amide bonds. The average molecular weight is 476 g/mol. The van der Waals surface area contributed by atoms with Gasteiger partial charge in [-0.25, -0.2) is 4.99 Å². The lowest BCUT2D eigenvalue weighted by Gasteiger charge is -2.34. The molecule has 8 nitrogen and oxygen atoms in total. The van der Waals surface area contributed by atoms with Crippen LogP contribution in [0.4, 0.5) is 18.9 Å². The van der Waals surface area contributed by atoms with Crippen LogP contribution in [0.25, 0.3) is 0 Å². The number of piperidine rings is 1. The molecule has 0 saturated carbocycles. The van der Waals surface area contributed by atoms with E-state index in [4.69, 9.17) is 5.73 Å². The Morgan fingerprint density at radius 3 is 2.62 bits per heavy atom. The van der Waals surface area contributed by atoms with Crippen LogP contribution in [0.3, 0.4) is 0 Å². The number of aryl methyl sites for hydroxylation is 1. The van der Waals surface area contributed by atoms with Gasteiger partial charge in [0.1, 0.15) is 0 Å². The number of hydrogen-bond acceptors (Lipinski definition) is 6. The number of nitrogens with one attached hydrogen (secondary N) is 3. The molecule has 1 unspecified atom stereocenters. The van der Waals surface area contributed by atoms with E-state index in [-0.39, 0.29) is 12.5 Å². The van der Waals surface area contributed by atoms with Gasteiger partial charge in [-0.3, -0.25) is 9.48 Å². The minimum atomic E-state index is -4.50. The number of rotatable bonds is 8. The molecule has 2 aliphatic rings. The van der Waals surface area contributed by atoms with Crippen LogP contribution < -0.4 is 21.7 Å². The fraction of sp³-hybridized carbons (Fsp3) is 0.435. The predicted molar refractivity (Wildman–Crippen MR) is 123 cm³/mol. The Hall–Kier alpha value is -3.34. The van der Waals surface area contributed by atoms with Crippen molar-refractivity contribution in [3.05, 3.63) is 59.6 Å². The topological polar surface area (TPSA) is 109 Å². The normalized spacial score (nSPS) is 21.1. The van der Waals surface area contributed by atoms with E-state index in [0.29, 0.717) is 18.5 Å². The number of aliphatic imine (C=N–C) groups is 1. The van der Waals surface area contributed by atoms with Gasteiger partial charge in [-0.05, 0) is 43.5 Å². The molecule has 1 saturated heterocycles. The second-order valence-corrected chi connectivity index (χ2v) is 8.59. The van der Waals surface area contributed by atoms with Gasteiger partial charge in [0.25, 0.3) is 0 Å². The van der Waals surface area contributed by atoms with Gasteiger partial charge in [0, 0.05) is 25.0 Å². The van der Waals surface area contributed by atoms with Crippen molar-refractivity contribution in [2.45, 2.75) is 50.1 Å². The molecule has 5 N–H and O–H groups in total. The summed E-state index contributed by atoms with van der Waals surface area (Å²) in [6, 6.07) is 7.64.